The second kappa shape index (κ2) is 13.3. The van der Waals surface area contributed by atoms with Gasteiger partial charge in [-0.05, 0) is 67.0 Å². The van der Waals surface area contributed by atoms with Gasteiger partial charge in [0.25, 0.3) is 0 Å². The summed E-state index contributed by atoms with van der Waals surface area (Å²) in [5, 5.41) is 11.9. The van der Waals surface area contributed by atoms with Gasteiger partial charge in [-0.25, -0.2) is 4.39 Å². The molecular weight excluding hydrogens is 567 g/mol. The number of pyridine rings is 2. The lowest BCUT2D eigenvalue weighted by molar-refractivity contribution is -0.122. The Morgan fingerprint density at radius 2 is 1.84 bits per heavy atom. The van der Waals surface area contributed by atoms with Crippen LogP contribution in [-0.2, 0) is 22.6 Å². The summed E-state index contributed by atoms with van der Waals surface area (Å²) in [5.41, 5.74) is 3.35. The smallest absolute Gasteiger partial charge is 0.222 e. The molecule has 1 saturated heterocycles. The Morgan fingerprint density at radius 3 is 2.56 bits per heavy atom. The highest BCUT2D eigenvalue weighted by atomic mass is 32.1. The molecular formula is C33H35FN4O4S. The molecule has 224 valence electrons. The summed E-state index contributed by atoms with van der Waals surface area (Å²) >= 11 is 1.50. The van der Waals surface area contributed by atoms with Gasteiger partial charge in [0.05, 0.1) is 27.4 Å². The molecule has 1 aliphatic carbocycles. The second-order valence-corrected chi connectivity index (χ2v) is 12.6. The minimum atomic E-state index is -0.494. The van der Waals surface area contributed by atoms with Crippen LogP contribution in [0.3, 0.4) is 0 Å². The molecule has 8 nitrogen and oxygen atoms in total. The lowest BCUT2D eigenvalue weighted by Gasteiger charge is -2.32. The van der Waals surface area contributed by atoms with Crippen molar-refractivity contribution < 1.29 is 23.8 Å². The fourth-order valence-corrected chi connectivity index (χ4v) is 6.52. The minimum absolute atomic E-state index is 0.0925. The molecule has 0 bridgehead atoms. The maximum absolute atomic E-state index is 14.9. The van der Waals surface area contributed by atoms with E-state index in [1.165, 1.54) is 17.4 Å². The molecule has 2 N–H and O–H groups in total. The SMILES string of the molecule is O=C(Cc1ccc(Oc2ccnc3cc(-c4ccc(CN5CCC(NC(=O)CCO)CC5)cn4)sc23)c(F)c1)CC1CC1. The van der Waals surface area contributed by atoms with Crippen LogP contribution in [0.2, 0.25) is 0 Å². The number of thiophene rings is 1. The third-order valence-electron chi connectivity index (χ3n) is 7.98. The van der Waals surface area contributed by atoms with Gasteiger partial charge in [-0.2, -0.15) is 0 Å². The van der Waals surface area contributed by atoms with Crippen LogP contribution in [0.4, 0.5) is 4.39 Å². The molecule has 1 amide bonds. The first-order valence-corrected chi connectivity index (χ1v) is 15.7. The van der Waals surface area contributed by atoms with Gasteiger partial charge in [-0.3, -0.25) is 24.5 Å². The monoisotopic (exact) mass is 602 g/mol. The number of likely N-dealkylation sites (tertiary alicyclic amines) is 1. The number of ether oxygens (including phenoxy) is 1. The summed E-state index contributed by atoms with van der Waals surface area (Å²) < 4.78 is 21.8. The number of nitrogens with zero attached hydrogens (tertiary/aromatic N) is 3. The van der Waals surface area contributed by atoms with Crippen LogP contribution in [0.25, 0.3) is 20.8 Å². The normalized spacial score (nSPS) is 16.0. The molecule has 43 heavy (non-hydrogen) atoms. The number of carbonyl (C=O) groups is 2. The van der Waals surface area contributed by atoms with Gasteiger partial charge in [0, 0.05) is 63.4 Å². The number of piperidine rings is 1. The molecule has 4 heterocycles. The van der Waals surface area contributed by atoms with Crippen LogP contribution in [0.5, 0.6) is 11.5 Å². The number of aliphatic hydroxyl groups is 1. The average Bonchev–Trinajstić information content (AvgIpc) is 3.69. The van der Waals surface area contributed by atoms with Crippen LogP contribution < -0.4 is 10.1 Å². The predicted octanol–water partition coefficient (Wildman–Crippen LogP) is 5.66. The van der Waals surface area contributed by atoms with Crippen molar-refractivity contribution >= 4 is 33.2 Å². The summed E-state index contributed by atoms with van der Waals surface area (Å²) in [6.45, 7) is 2.44. The fraction of sp³-hybridized carbons (Fsp3) is 0.394. The van der Waals surface area contributed by atoms with Gasteiger partial charge in [-0.1, -0.05) is 12.1 Å². The lowest BCUT2D eigenvalue weighted by atomic mass is 10.0. The number of rotatable bonds is 12. The van der Waals surface area contributed by atoms with Crippen LogP contribution in [0.1, 0.15) is 49.7 Å². The van der Waals surface area contributed by atoms with Crippen LogP contribution >= 0.6 is 11.3 Å². The number of hydrogen-bond acceptors (Lipinski definition) is 8. The Balaban J connectivity index is 1.08. The Morgan fingerprint density at radius 1 is 1.02 bits per heavy atom. The molecule has 1 aliphatic heterocycles. The number of hydrogen-bond donors (Lipinski definition) is 2. The first kappa shape index (κ1) is 29.3. The standard InChI is InChI=1S/C33H35FN4O4S/c34-26-17-22(16-25(40)15-21-1-2-21)4-6-29(26)42-30-7-11-35-28-18-31(43-33(28)30)27-5-3-23(19-36-27)20-38-12-8-24(9-13-38)37-32(41)10-14-39/h3-7,11,17-19,21,24,39H,1-2,8-10,12-16,20H2,(H,37,41). The molecule has 1 saturated carbocycles. The van der Waals surface area contributed by atoms with Crippen LogP contribution in [-0.4, -0.2) is 57.4 Å². The maximum atomic E-state index is 14.9. The van der Waals surface area contributed by atoms with Gasteiger partial charge in [0.1, 0.15) is 11.5 Å². The van der Waals surface area contributed by atoms with Gasteiger partial charge in [-0.15, -0.1) is 11.3 Å². The van der Waals surface area contributed by atoms with E-state index in [4.69, 9.17) is 14.8 Å². The minimum Gasteiger partial charge on any atom is -0.453 e. The summed E-state index contributed by atoms with van der Waals surface area (Å²) in [7, 11) is 0. The van der Waals surface area contributed by atoms with E-state index >= 15 is 0 Å². The highest BCUT2D eigenvalue weighted by Gasteiger charge is 2.24. The molecule has 0 spiro atoms. The molecule has 6 rings (SSSR count). The molecule has 4 aromatic rings. The summed E-state index contributed by atoms with van der Waals surface area (Å²) in [4.78, 5) is 36.4. The van der Waals surface area contributed by atoms with E-state index < -0.39 is 5.82 Å². The number of aliphatic hydroxyl groups excluding tert-OH is 1. The lowest BCUT2D eigenvalue weighted by Crippen LogP contribution is -2.44. The Hall–Kier alpha value is -3.73. The quantitative estimate of drug-likeness (QED) is 0.216. The number of aromatic nitrogens is 2. The third-order valence-corrected chi connectivity index (χ3v) is 9.14. The van der Waals surface area contributed by atoms with E-state index in [0.29, 0.717) is 23.7 Å². The Kier molecular flexibility index (Phi) is 9.06. The van der Waals surface area contributed by atoms with Gasteiger partial charge >= 0.3 is 0 Å². The second-order valence-electron chi connectivity index (χ2n) is 11.5. The number of nitrogens with one attached hydrogen (secondary N) is 1. The highest BCUT2D eigenvalue weighted by molar-refractivity contribution is 7.22. The highest BCUT2D eigenvalue weighted by Crippen LogP contribution is 2.39. The average molecular weight is 603 g/mol. The largest absolute Gasteiger partial charge is 0.453 e. The predicted molar refractivity (Wildman–Crippen MR) is 164 cm³/mol. The topological polar surface area (TPSA) is 105 Å². The number of ketones is 1. The van der Waals surface area contributed by atoms with E-state index in [0.717, 1.165) is 71.7 Å². The van der Waals surface area contributed by atoms with Crippen LogP contribution in [0.15, 0.2) is 54.9 Å². The molecule has 3 aromatic heterocycles. The van der Waals surface area contributed by atoms with Crippen LogP contribution in [0, 0.1) is 11.7 Å². The van der Waals surface area contributed by atoms with E-state index in [1.54, 1.807) is 24.4 Å². The van der Waals surface area contributed by atoms with Gasteiger partial charge < -0.3 is 15.2 Å². The van der Waals surface area contributed by atoms with Crippen molar-refractivity contribution in [3.05, 3.63) is 71.8 Å². The number of carbonyl (C=O) groups excluding carboxylic acids is 2. The number of amides is 1. The van der Waals surface area contributed by atoms with Crippen molar-refractivity contribution in [2.75, 3.05) is 19.7 Å². The fourth-order valence-electron chi connectivity index (χ4n) is 5.48. The van der Waals surface area contributed by atoms with Crippen molar-refractivity contribution in [1.82, 2.24) is 20.2 Å². The van der Waals surface area contributed by atoms with Gasteiger partial charge in [0.15, 0.2) is 11.6 Å². The summed E-state index contributed by atoms with van der Waals surface area (Å²) in [5.74, 6) is 0.718. The van der Waals surface area contributed by atoms with Crippen molar-refractivity contribution in [1.29, 1.82) is 0 Å². The van der Waals surface area contributed by atoms with E-state index in [2.05, 4.69) is 21.3 Å². The molecule has 0 atom stereocenters. The first-order chi connectivity index (χ1) is 20.9. The zero-order valence-electron chi connectivity index (χ0n) is 23.9. The molecule has 1 aromatic carbocycles. The Labute approximate surface area is 253 Å². The third kappa shape index (κ3) is 7.62. The number of benzene rings is 1. The molecule has 0 unspecified atom stereocenters. The number of fused-ring (bicyclic) bond motifs is 1. The molecule has 2 aliphatic rings. The molecule has 10 heteroatoms. The zero-order valence-corrected chi connectivity index (χ0v) is 24.7. The number of halogens is 1. The van der Waals surface area contributed by atoms with Crippen molar-refractivity contribution in [2.45, 2.75) is 57.5 Å². The van der Waals surface area contributed by atoms with E-state index in [9.17, 15) is 14.0 Å². The van der Waals surface area contributed by atoms with Crippen molar-refractivity contribution in [2.24, 2.45) is 5.92 Å². The number of Topliss-reactive ketones (excluding diaryl/α,β-unsaturated/α-hetero) is 1. The summed E-state index contributed by atoms with van der Waals surface area (Å²) in [6.07, 6.45) is 8.54. The first-order valence-electron chi connectivity index (χ1n) is 14.9. The van der Waals surface area contributed by atoms with E-state index in [-0.39, 0.29) is 42.9 Å². The maximum Gasteiger partial charge on any atom is 0.222 e. The molecule has 0 radical (unpaired) electrons. The zero-order chi connectivity index (χ0) is 29.8. The summed E-state index contributed by atoms with van der Waals surface area (Å²) in [6, 6.07) is 12.7. The molecule has 2 fully saturated rings. The van der Waals surface area contributed by atoms with Crippen molar-refractivity contribution in [3.63, 3.8) is 0 Å². The van der Waals surface area contributed by atoms with E-state index in [1.807, 2.05) is 18.3 Å². The Bertz CT molecular complexity index is 1600. The van der Waals surface area contributed by atoms with Gasteiger partial charge in [0.2, 0.25) is 5.91 Å². The van der Waals surface area contributed by atoms with Crippen molar-refractivity contribution in [3.8, 4) is 22.1 Å².